The number of allylic oxidation sites excluding steroid dienone is 1. The first-order chi connectivity index (χ1) is 9.63. The van der Waals surface area contributed by atoms with Crippen molar-refractivity contribution in [1.29, 1.82) is 0 Å². The van der Waals surface area contributed by atoms with Crippen molar-refractivity contribution in [2.45, 2.75) is 32.7 Å². The lowest BCUT2D eigenvalue weighted by Crippen LogP contribution is -2.53. The molecule has 1 rings (SSSR count). The predicted molar refractivity (Wildman–Crippen MR) is 74.9 cm³/mol. The molecule has 0 aromatic rings. The van der Waals surface area contributed by atoms with Crippen LogP contribution in [0.5, 0.6) is 0 Å². The minimum atomic E-state index is -0.662. The predicted octanol–water partition coefficient (Wildman–Crippen LogP) is 2.63. The number of hydrogen-bond acceptors (Lipinski definition) is 4. The molecule has 0 radical (unpaired) electrons. The fourth-order valence-corrected chi connectivity index (χ4v) is 2.14. The molecule has 2 amide bonds. The number of hydrogen-bond donors (Lipinski definition) is 1. The van der Waals surface area contributed by atoms with Crippen molar-refractivity contribution in [3.8, 4) is 0 Å². The summed E-state index contributed by atoms with van der Waals surface area (Å²) in [6.45, 7) is 7.61. The molecule has 112 valence electrons. The van der Waals surface area contributed by atoms with E-state index in [9.17, 15) is 9.59 Å². The molecule has 2 atom stereocenters. The highest BCUT2D eigenvalue weighted by Crippen LogP contribution is 2.26. The molecule has 0 unspecified atom stereocenters. The molecule has 0 saturated heterocycles. The monoisotopic (exact) mass is 282 g/mol. The highest BCUT2D eigenvalue weighted by molar-refractivity contribution is 5.74. The topological polar surface area (TPSA) is 67.9 Å². The van der Waals surface area contributed by atoms with Crippen molar-refractivity contribution in [2.75, 3.05) is 13.2 Å². The van der Waals surface area contributed by atoms with Gasteiger partial charge in [0.1, 0.15) is 0 Å². The minimum Gasteiger partial charge on any atom is -0.449 e. The lowest BCUT2D eigenvalue weighted by molar-refractivity contribution is 0.0487. The molecule has 1 N–H and O–H groups in total. The number of nitrogens with zero attached hydrogens (tertiary/aromatic N) is 1. The Morgan fingerprint density at radius 2 is 2.10 bits per heavy atom. The lowest BCUT2D eigenvalue weighted by atomic mass is 9.99. The van der Waals surface area contributed by atoms with Crippen LogP contribution in [0.2, 0.25) is 0 Å². The number of hydrazine groups is 1. The molecule has 20 heavy (non-hydrogen) atoms. The van der Waals surface area contributed by atoms with Gasteiger partial charge in [-0.15, -0.1) is 6.58 Å². The maximum absolute atomic E-state index is 12.0. The Morgan fingerprint density at radius 1 is 1.40 bits per heavy atom. The van der Waals surface area contributed by atoms with Gasteiger partial charge < -0.3 is 9.47 Å². The Hall–Kier alpha value is -1.98. The first-order valence-electron chi connectivity index (χ1n) is 6.80. The molecular formula is C14H22N2O4. The van der Waals surface area contributed by atoms with E-state index in [-0.39, 0.29) is 25.2 Å². The number of nitrogens with one attached hydrogen (secondary N) is 1. The largest absolute Gasteiger partial charge is 0.449 e. The van der Waals surface area contributed by atoms with E-state index in [2.05, 4.69) is 12.0 Å². The zero-order chi connectivity index (χ0) is 15.0. The molecule has 6 nitrogen and oxygen atoms in total. The van der Waals surface area contributed by atoms with E-state index in [1.807, 2.05) is 12.2 Å². The minimum absolute atomic E-state index is 0.110. The molecule has 1 aliphatic carbocycles. The summed E-state index contributed by atoms with van der Waals surface area (Å²) in [4.78, 5) is 23.6. The van der Waals surface area contributed by atoms with E-state index in [1.54, 1.807) is 19.9 Å². The molecule has 0 aromatic heterocycles. The number of ether oxygens (including phenoxy) is 2. The Labute approximate surface area is 119 Å². The third-order valence-corrected chi connectivity index (χ3v) is 2.98. The number of rotatable bonds is 5. The molecule has 1 aliphatic rings. The molecule has 0 spiro atoms. The summed E-state index contributed by atoms with van der Waals surface area (Å²) >= 11 is 0. The third-order valence-electron chi connectivity index (χ3n) is 2.98. The summed E-state index contributed by atoms with van der Waals surface area (Å²) in [6, 6.07) is -0.184. The van der Waals surface area contributed by atoms with Gasteiger partial charge in [-0.05, 0) is 26.7 Å². The van der Waals surface area contributed by atoms with Crippen LogP contribution in [0.4, 0.5) is 9.59 Å². The second kappa shape index (κ2) is 8.24. The standard InChI is InChI=1S/C14H22N2O4/c1-4-8-11-9-7-10-12(11)16(14(18)20-6-3)15-13(17)19-5-2/h4,7,9,11-12H,1,5-6,8,10H2,2-3H3,(H,15,17)/t11-,12-/m0/s1. The van der Waals surface area contributed by atoms with E-state index >= 15 is 0 Å². The fraction of sp³-hybridized carbons (Fsp3) is 0.571. The van der Waals surface area contributed by atoms with Gasteiger partial charge in [-0.1, -0.05) is 18.2 Å². The van der Waals surface area contributed by atoms with Gasteiger partial charge in [0, 0.05) is 5.92 Å². The fourth-order valence-electron chi connectivity index (χ4n) is 2.14. The molecular weight excluding hydrogens is 260 g/mol. The summed E-state index contributed by atoms with van der Waals surface area (Å²) in [6.07, 6.45) is 5.93. The Balaban J connectivity index is 2.78. The first kappa shape index (κ1) is 16.1. The average molecular weight is 282 g/mol. The number of carbonyl (C=O) groups is 2. The molecule has 0 bridgehead atoms. The smallest absolute Gasteiger partial charge is 0.429 e. The maximum Gasteiger partial charge on any atom is 0.429 e. The van der Waals surface area contributed by atoms with Crippen molar-refractivity contribution >= 4 is 12.2 Å². The van der Waals surface area contributed by atoms with Crippen LogP contribution in [0.25, 0.3) is 0 Å². The summed E-state index contributed by atoms with van der Waals surface area (Å²) < 4.78 is 9.80. The van der Waals surface area contributed by atoms with E-state index in [1.165, 1.54) is 5.01 Å². The SMILES string of the molecule is C=CC[C@H]1C=CC[C@@H]1N(NC(=O)OCC)C(=O)OCC. The summed E-state index contributed by atoms with van der Waals surface area (Å²) in [5.41, 5.74) is 2.46. The molecule has 6 heteroatoms. The Morgan fingerprint density at radius 3 is 2.70 bits per heavy atom. The van der Waals surface area contributed by atoms with Crippen molar-refractivity contribution in [3.05, 3.63) is 24.8 Å². The van der Waals surface area contributed by atoms with Gasteiger partial charge in [0.25, 0.3) is 0 Å². The summed E-state index contributed by atoms with van der Waals surface area (Å²) in [7, 11) is 0. The van der Waals surface area contributed by atoms with E-state index in [4.69, 9.17) is 9.47 Å². The quantitative estimate of drug-likeness (QED) is 0.621. The van der Waals surface area contributed by atoms with Crippen LogP contribution in [0.15, 0.2) is 24.8 Å². The van der Waals surface area contributed by atoms with Crippen molar-refractivity contribution in [3.63, 3.8) is 0 Å². The van der Waals surface area contributed by atoms with Gasteiger partial charge in [-0.2, -0.15) is 0 Å². The second-order valence-electron chi connectivity index (χ2n) is 4.32. The highest BCUT2D eigenvalue weighted by Gasteiger charge is 2.33. The maximum atomic E-state index is 12.0. The van der Waals surface area contributed by atoms with Crippen LogP contribution in [-0.2, 0) is 9.47 Å². The number of amides is 2. The van der Waals surface area contributed by atoms with Gasteiger partial charge in [0.2, 0.25) is 0 Å². The molecule has 0 aliphatic heterocycles. The van der Waals surface area contributed by atoms with Gasteiger partial charge in [0.05, 0.1) is 19.3 Å². The highest BCUT2D eigenvalue weighted by atomic mass is 16.6. The summed E-state index contributed by atoms with van der Waals surface area (Å²) in [5, 5.41) is 1.22. The van der Waals surface area contributed by atoms with Crippen LogP contribution in [0.3, 0.4) is 0 Å². The molecule has 0 heterocycles. The van der Waals surface area contributed by atoms with Crippen LogP contribution >= 0.6 is 0 Å². The zero-order valence-electron chi connectivity index (χ0n) is 12.0. The summed E-state index contributed by atoms with van der Waals surface area (Å²) in [5.74, 6) is 0.110. The van der Waals surface area contributed by atoms with Crippen LogP contribution in [0, 0.1) is 5.92 Å². The van der Waals surface area contributed by atoms with Crippen molar-refractivity contribution in [1.82, 2.24) is 10.4 Å². The van der Waals surface area contributed by atoms with Gasteiger partial charge in [0.15, 0.2) is 0 Å². The molecule has 0 aromatic carbocycles. The number of carbonyl (C=O) groups excluding carboxylic acids is 2. The second-order valence-corrected chi connectivity index (χ2v) is 4.32. The van der Waals surface area contributed by atoms with E-state index < -0.39 is 12.2 Å². The average Bonchev–Trinajstić information content (AvgIpc) is 2.85. The van der Waals surface area contributed by atoms with Gasteiger partial charge in [-0.25, -0.2) is 20.0 Å². The van der Waals surface area contributed by atoms with Gasteiger partial charge >= 0.3 is 12.2 Å². The first-order valence-corrected chi connectivity index (χ1v) is 6.80. The van der Waals surface area contributed by atoms with Crippen LogP contribution < -0.4 is 5.43 Å². The van der Waals surface area contributed by atoms with Gasteiger partial charge in [-0.3, -0.25) is 0 Å². The van der Waals surface area contributed by atoms with Crippen molar-refractivity contribution in [2.24, 2.45) is 5.92 Å². The normalized spacial score (nSPS) is 20.3. The zero-order valence-corrected chi connectivity index (χ0v) is 12.0. The Kier molecular flexibility index (Phi) is 6.63. The molecule has 0 fully saturated rings. The molecule has 0 saturated carbocycles. The van der Waals surface area contributed by atoms with Crippen LogP contribution in [0.1, 0.15) is 26.7 Å². The Bertz CT molecular complexity index is 381. The van der Waals surface area contributed by atoms with Crippen LogP contribution in [-0.4, -0.2) is 36.5 Å². The van der Waals surface area contributed by atoms with E-state index in [0.29, 0.717) is 6.42 Å². The van der Waals surface area contributed by atoms with Crippen molar-refractivity contribution < 1.29 is 19.1 Å². The van der Waals surface area contributed by atoms with E-state index in [0.717, 1.165) is 6.42 Å². The lowest BCUT2D eigenvalue weighted by Gasteiger charge is -2.31. The third kappa shape index (κ3) is 4.29.